The molecule has 0 saturated carbocycles. The fourth-order valence-corrected chi connectivity index (χ4v) is 3.06. The van der Waals surface area contributed by atoms with Gasteiger partial charge in [0.25, 0.3) is 0 Å². The van der Waals surface area contributed by atoms with Crippen molar-refractivity contribution in [3.05, 3.63) is 82.6 Å². The summed E-state index contributed by atoms with van der Waals surface area (Å²) in [5.74, 6) is -0.0993. The number of amides is 1. The van der Waals surface area contributed by atoms with Crippen molar-refractivity contribution in [2.75, 3.05) is 0 Å². The van der Waals surface area contributed by atoms with Gasteiger partial charge in [-0.25, -0.2) is 5.43 Å². The SMILES string of the molecule is C/C(=N/NC(=O)Cc1cccs1)c1ccc(-c2ccccc2)cc1. The first-order valence-corrected chi connectivity index (χ1v) is 8.62. The fraction of sp³-hybridized carbons (Fsp3) is 0.100. The third-order valence-electron chi connectivity index (χ3n) is 3.67. The summed E-state index contributed by atoms with van der Waals surface area (Å²) in [5.41, 5.74) is 6.74. The third kappa shape index (κ3) is 4.18. The normalized spacial score (nSPS) is 11.3. The Morgan fingerprint density at radius 1 is 0.958 bits per heavy atom. The van der Waals surface area contributed by atoms with Crippen molar-refractivity contribution in [3.8, 4) is 11.1 Å². The minimum atomic E-state index is -0.0993. The number of rotatable bonds is 5. The Kier molecular flexibility index (Phi) is 5.18. The van der Waals surface area contributed by atoms with Crippen LogP contribution in [0.1, 0.15) is 17.4 Å². The molecule has 0 saturated heterocycles. The van der Waals surface area contributed by atoms with Crippen molar-refractivity contribution >= 4 is 23.0 Å². The van der Waals surface area contributed by atoms with Crippen LogP contribution in [0.5, 0.6) is 0 Å². The molecule has 1 aromatic heterocycles. The monoisotopic (exact) mass is 334 g/mol. The molecule has 3 nitrogen and oxygen atoms in total. The number of hydrogen-bond acceptors (Lipinski definition) is 3. The van der Waals surface area contributed by atoms with Gasteiger partial charge in [-0.15, -0.1) is 11.3 Å². The molecule has 0 aliphatic heterocycles. The van der Waals surface area contributed by atoms with Crippen molar-refractivity contribution < 1.29 is 4.79 Å². The lowest BCUT2D eigenvalue weighted by Crippen LogP contribution is -2.20. The zero-order chi connectivity index (χ0) is 16.8. The van der Waals surface area contributed by atoms with E-state index in [-0.39, 0.29) is 5.91 Å². The van der Waals surface area contributed by atoms with E-state index < -0.39 is 0 Å². The van der Waals surface area contributed by atoms with Crippen LogP contribution < -0.4 is 5.43 Å². The average Bonchev–Trinajstić information content (AvgIpc) is 3.13. The number of nitrogens with one attached hydrogen (secondary N) is 1. The molecule has 0 fully saturated rings. The van der Waals surface area contributed by atoms with E-state index in [9.17, 15) is 4.79 Å². The molecule has 3 rings (SSSR count). The molecular formula is C20H18N2OS. The van der Waals surface area contributed by atoms with Crippen LogP contribution in [0, 0.1) is 0 Å². The molecule has 0 atom stereocenters. The van der Waals surface area contributed by atoms with Gasteiger partial charge in [0, 0.05) is 4.88 Å². The maximum atomic E-state index is 11.9. The fourth-order valence-electron chi connectivity index (χ4n) is 2.36. The number of carbonyl (C=O) groups is 1. The van der Waals surface area contributed by atoms with E-state index in [4.69, 9.17) is 0 Å². The Labute approximate surface area is 145 Å². The van der Waals surface area contributed by atoms with Crippen LogP contribution in [0.4, 0.5) is 0 Å². The second kappa shape index (κ2) is 7.70. The van der Waals surface area contributed by atoms with Gasteiger partial charge >= 0.3 is 0 Å². The zero-order valence-electron chi connectivity index (χ0n) is 13.4. The molecule has 1 amide bonds. The van der Waals surface area contributed by atoms with E-state index in [0.717, 1.165) is 21.7 Å². The van der Waals surface area contributed by atoms with Crippen LogP contribution in [-0.4, -0.2) is 11.6 Å². The molecule has 4 heteroatoms. The van der Waals surface area contributed by atoms with E-state index in [1.807, 2.05) is 54.8 Å². The molecule has 2 aromatic carbocycles. The molecule has 0 radical (unpaired) electrons. The van der Waals surface area contributed by atoms with Gasteiger partial charge < -0.3 is 0 Å². The first kappa shape index (κ1) is 16.1. The van der Waals surface area contributed by atoms with E-state index in [1.54, 1.807) is 11.3 Å². The molecular weight excluding hydrogens is 316 g/mol. The van der Waals surface area contributed by atoms with Gasteiger partial charge in [0.15, 0.2) is 0 Å². The molecule has 1 heterocycles. The smallest absolute Gasteiger partial charge is 0.245 e. The average molecular weight is 334 g/mol. The van der Waals surface area contributed by atoms with Gasteiger partial charge in [0.1, 0.15) is 0 Å². The highest BCUT2D eigenvalue weighted by Gasteiger charge is 2.04. The van der Waals surface area contributed by atoms with Crippen LogP contribution in [0.3, 0.4) is 0 Å². The number of thiophene rings is 1. The molecule has 0 aliphatic carbocycles. The molecule has 0 bridgehead atoms. The lowest BCUT2D eigenvalue weighted by atomic mass is 10.0. The predicted molar refractivity (Wildman–Crippen MR) is 100 cm³/mol. The van der Waals surface area contributed by atoms with Crippen LogP contribution in [0.25, 0.3) is 11.1 Å². The van der Waals surface area contributed by atoms with Crippen molar-refractivity contribution in [1.29, 1.82) is 0 Å². The molecule has 0 unspecified atom stereocenters. The summed E-state index contributed by atoms with van der Waals surface area (Å²) in [4.78, 5) is 12.9. The summed E-state index contributed by atoms with van der Waals surface area (Å²) in [6, 6.07) is 22.3. The first-order valence-electron chi connectivity index (χ1n) is 7.74. The molecule has 120 valence electrons. The van der Waals surface area contributed by atoms with Crippen molar-refractivity contribution in [1.82, 2.24) is 5.43 Å². The highest BCUT2D eigenvalue weighted by Crippen LogP contribution is 2.19. The lowest BCUT2D eigenvalue weighted by Gasteiger charge is -2.05. The van der Waals surface area contributed by atoms with E-state index in [0.29, 0.717) is 6.42 Å². The summed E-state index contributed by atoms with van der Waals surface area (Å²) >= 11 is 1.57. The minimum Gasteiger partial charge on any atom is -0.273 e. The lowest BCUT2D eigenvalue weighted by molar-refractivity contribution is -0.120. The topological polar surface area (TPSA) is 41.5 Å². The van der Waals surface area contributed by atoms with Gasteiger partial charge in [-0.2, -0.15) is 5.10 Å². The van der Waals surface area contributed by atoms with Gasteiger partial charge in [-0.1, -0.05) is 60.7 Å². The molecule has 1 N–H and O–H groups in total. The maximum Gasteiger partial charge on any atom is 0.245 e. The minimum absolute atomic E-state index is 0.0993. The van der Waals surface area contributed by atoms with Gasteiger partial charge in [0.2, 0.25) is 5.91 Å². The third-order valence-corrected chi connectivity index (χ3v) is 4.55. The Bertz CT molecular complexity index is 822. The summed E-state index contributed by atoms with van der Waals surface area (Å²) in [6.45, 7) is 1.89. The largest absolute Gasteiger partial charge is 0.273 e. The van der Waals surface area contributed by atoms with Crippen LogP contribution in [-0.2, 0) is 11.2 Å². The first-order chi connectivity index (χ1) is 11.7. The second-order valence-electron chi connectivity index (χ2n) is 5.43. The second-order valence-corrected chi connectivity index (χ2v) is 6.46. The van der Waals surface area contributed by atoms with Crippen molar-refractivity contribution in [2.24, 2.45) is 5.10 Å². The molecule has 0 spiro atoms. The van der Waals surface area contributed by atoms with Gasteiger partial charge in [0.05, 0.1) is 12.1 Å². The number of nitrogens with zero attached hydrogens (tertiary/aromatic N) is 1. The van der Waals surface area contributed by atoms with Crippen LogP contribution in [0.2, 0.25) is 0 Å². The summed E-state index contributed by atoms with van der Waals surface area (Å²) in [5, 5.41) is 6.16. The quantitative estimate of drug-likeness (QED) is 0.542. The Morgan fingerprint density at radius 2 is 1.67 bits per heavy atom. The van der Waals surface area contributed by atoms with Gasteiger partial charge in [-0.05, 0) is 35.1 Å². The predicted octanol–water partition coefficient (Wildman–Crippen LogP) is 4.50. The summed E-state index contributed by atoms with van der Waals surface area (Å²) in [6.07, 6.45) is 0.362. The molecule has 24 heavy (non-hydrogen) atoms. The Balaban J connectivity index is 1.64. The zero-order valence-corrected chi connectivity index (χ0v) is 14.2. The molecule has 3 aromatic rings. The van der Waals surface area contributed by atoms with Crippen LogP contribution in [0.15, 0.2) is 77.2 Å². The molecule has 0 aliphatic rings. The van der Waals surface area contributed by atoms with Crippen LogP contribution >= 0.6 is 11.3 Å². The number of hydrazone groups is 1. The highest BCUT2D eigenvalue weighted by atomic mass is 32.1. The highest BCUT2D eigenvalue weighted by molar-refractivity contribution is 7.10. The van der Waals surface area contributed by atoms with E-state index in [2.05, 4.69) is 34.8 Å². The van der Waals surface area contributed by atoms with Gasteiger partial charge in [-0.3, -0.25) is 4.79 Å². The maximum absolute atomic E-state index is 11.9. The summed E-state index contributed by atoms with van der Waals surface area (Å²) < 4.78 is 0. The number of hydrogen-bond donors (Lipinski definition) is 1. The Morgan fingerprint density at radius 3 is 2.33 bits per heavy atom. The van der Waals surface area contributed by atoms with E-state index in [1.165, 1.54) is 5.56 Å². The standard InChI is InChI=1S/C20H18N2OS/c1-15(21-22-20(23)14-19-8-5-13-24-19)16-9-11-18(12-10-16)17-6-3-2-4-7-17/h2-13H,14H2,1H3,(H,22,23)/b21-15-. The summed E-state index contributed by atoms with van der Waals surface area (Å²) in [7, 11) is 0. The Hall–Kier alpha value is -2.72. The van der Waals surface area contributed by atoms with Crippen molar-refractivity contribution in [3.63, 3.8) is 0 Å². The van der Waals surface area contributed by atoms with Crippen molar-refractivity contribution in [2.45, 2.75) is 13.3 Å². The van der Waals surface area contributed by atoms with E-state index >= 15 is 0 Å². The number of benzene rings is 2. The number of carbonyl (C=O) groups excluding carboxylic acids is 1.